The second-order valence-corrected chi connectivity index (χ2v) is 4.35. The number of benzene rings is 1. The van der Waals surface area contributed by atoms with Gasteiger partial charge in [0.25, 0.3) is 5.91 Å². The van der Waals surface area contributed by atoms with Gasteiger partial charge in [-0.05, 0) is 41.2 Å². The maximum atomic E-state index is 11.9. The highest BCUT2D eigenvalue weighted by Crippen LogP contribution is 2.24. The summed E-state index contributed by atoms with van der Waals surface area (Å²) in [4.78, 5) is 13.5. The first-order valence-electron chi connectivity index (χ1n) is 4.95. The monoisotopic (exact) mass is 286 g/mol. The molecule has 0 radical (unpaired) electrons. The lowest BCUT2D eigenvalue weighted by Crippen LogP contribution is -2.32. The molecule has 0 unspecified atom stereocenters. The molecular formula is C11H15BrN2O2. The first kappa shape index (κ1) is 13.0. The maximum Gasteiger partial charge on any atom is 0.253 e. The van der Waals surface area contributed by atoms with Crippen LogP contribution in [0.25, 0.3) is 0 Å². The van der Waals surface area contributed by atoms with E-state index in [1.807, 2.05) is 7.05 Å². The molecule has 0 aliphatic carbocycles. The van der Waals surface area contributed by atoms with Crippen LogP contribution in [-0.2, 0) is 0 Å². The van der Waals surface area contributed by atoms with Gasteiger partial charge in [-0.3, -0.25) is 4.79 Å². The average molecular weight is 287 g/mol. The van der Waals surface area contributed by atoms with Crippen LogP contribution >= 0.6 is 15.9 Å². The lowest BCUT2D eigenvalue weighted by Gasteiger charge is -2.17. The molecule has 0 saturated heterocycles. The summed E-state index contributed by atoms with van der Waals surface area (Å²) in [6, 6.07) is 4.80. The van der Waals surface area contributed by atoms with Crippen LogP contribution in [0.4, 0.5) is 0 Å². The molecule has 0 fully saturated rings. The molecule has 0 bridgehead atoms. The third kappa shape index (κ3) is 3.21. The Morgan fingerprint density at radius 3 is 2.81 bits per heavy atom. The van der Waals surface area contributed by atoms with E-state index < -0.39 is 0 Å². The van der Waals surface area contributed by atoms with E-state index in [9.17, 15) is 9.90 Å². The minimum absolute atomic E-state index is 0.0767. The van der Waals surface area contributed by atoms with Crippen molar-refractivity contribution in [1.82, 2.24) is 10.2 Å². The van der Waals surface area contributed by atoms with Crippen LogP contribution in [0.3, 0.4) is 0 Å². The molecule has 0 aromatic heterocycles. The molecule has 1 rings (SSSR count). The second-order valence-electron chi connectivity index (χ2n) is 3.50. The fourth-order valence-electron chi connectivity index (χ4n) is 1.25. The van der Waals surface area contributed by atoms with Crippen LogP contribution in [0, 0.1) is 0 Å². The molecule has 2 N–H and O–H groups in total. The van der Waals surface area contributed by atoms with E-state index in [4.69, 9.17) is 0 Å². The van der Waals surface area contributed by atoms with Crippen LogP contribution in [0.1, 0.15) is 10.4 Å². The number of aromatic hydroxyl groups is 1. The zero-order valence-electron chi connectivity index (χ0n) is 9.33. The van der Waals surface area contributed by atoms with E-state index >= 15 is 0 Å². The zero-order chi connectivity index (χ0) is 12.1. The second kappa shape index (κ2) is 5.86. The smallest absolute Gasteiger partial charge is 0.253 e. The van der Waals surface area contributed by atoms with Gasteiger partial charge in [0.2, 0.25) is 0 Å². The van der Waals surface area contributed by atoms with Crippen LogP contribution in [-0.4, -0.2) is 43.1 Å². The first-order chi connectivity index (χ1) is 7.56. The number of nitrogens with zero attached hydrogens (tertiary/aromatic N) is 1. The zero-order valence-corrected chi connectivity index (χ0v) is 10.9. The fraction of sp³-hybridized carbons (Fsp3) is 0.364. The molecule has 0 saturated carbocycles. The van der Waals surface area contributed by atoms with Gasteiger partial charge in [0.1, 0.15) is 5.75 Å². The number of carbonyl (C=O) groups is 1. The number of hydrogen-bond donors (Lipinski definition) is 2. The summed E-state index contributed by atoms with van der Waals surface area (Å²) in [6.07, 6.45) is 0. The standard InChI is InChI=1S/C11H15BrN2O2/c1-13-5-6-14(2)11(16)8-3-4-9(12)10(15)7-8/h3-4,7,13,15H,5-6H2,1-2H3. The molecule has 0 spiro atoms. The summed E-state index contributed by atoms with van der Waals surface area (Å²) < 4.78 is 0.585. The Bertz CT molecular complexity index is 382. The molecule has 1 aromatic rings. The molecule has 0 heterocycles. The number of likely N-dealkylation sites (N-methyl/N-ethyl adjacent to an activating group) is 2. The fourth-order valence-corrected chi connectivity index (χ4v) is 1.49. The Hall–Kier alpha value is -1.07. The highest BCUT2D eigenvalue weighted by Gasteiger charge is 2.12. The quantitative estimate of drug-likeness (QED) is 0.881. The van der Waals surface area contributed by atoms with Gasteiger partial charge in [0.15, 0.2) is 0 Å². The first-order valence-corrected chi connectivity index (χ1v) is 5.74. The van der Waals surface area contributed by atoms with Gasteiger partial charge < -0.3 is 15.3 Å². The van der Waals surface area contributed by atoms with Gasteiger partial charge in [-0.2, -0.15) is 0 Å². The van der Waals surface area contributed by atoms with Gasteiger partial charge in [-0.25, -0.2) is 0 Å². The molecule has 88 valence electrons. The number of amides is 1. The summed E-state index contributed by atoms with van der Waals surface area (Å²) in [5.74, 6) is -0.0223. The van der Waals surface area contributed by atoms with E-state index in [0.717, 1.165) is 6.54 Å². The molecule has 0 aliphatic rings. The molecule has 0 aliphatic heterocycles. The molecule has 4 nitrogen and oxygen atoms in total. The van der Waals surface area contributed by atoms with Crippen molar-refractivity contribution in [2.75, 3.05) is 27.2 Å². The number of halogens is 1. The SMILES string of the molecule is CNCCN(C)C(=O)c1ccc(Br)c(O)c1. The normalized spacial score (nSPS) is 10.2. The third-order valence-corrected chi connectivity index (χ3v) is 2.91. The van der Waals surface area contributed by atoms with Crippen LogP contribution in [0.15, 0.2) is 22.7 Å². The summed E-state index contributed by atoms with van der Waals surface area (Å²) in [6.45, 7) is 1.37. The molecule has 1 amide bonds. The minimum Gasteiger partial charge on any atom is -0.507 e. The Morgan fingerprint density at radius 2 is 2.25 bits per heavy atom. The Kier molecular flexibility index (Phi) is 4.76. The van der Waals surface area contributed by atoms with E-state index in [0.29, 0.717) is 16.6 Å². The molecule has 1 aromatic carbocycles. The molecule has 5 heteroatoms. The van der Waals surface area contributed by atoms with Crippen molar-refractivity contribution in [3.05, 3.63) is 28.2 Å². The number of carbonyl (C=O) groups excluding carboxylic acids is 1. The highest BCUT2D eigenvalue weighted by atomic mass is 79.9. The summed E-state index contributed by atoms with van der Waals surface area (Å²) in [7, 11) is 3.57. The summed E-state index contributed by atoms with van der Waals surface area (Å²) >= 11 is 3.17. The Morgan fingerprint density at radius 1 is 1.56 bits per heavy atom. The van der Waals surface area contributed by atoms with Crippen molar-refractivity contribution < 1.29 is 9.90 Å². The van der Waals surface area contributed by atoms with Crippen molar-refractivity contribution in [1.29, 1.82) is 0 Å². The third-order valence-electron chi connectivity index (χ3n) is 2.24. The van der Waals surface area contributed by atoms with Crippen molar-refractivity contribution >= 4 is 21.8 Å². The van der Waals surface area contributed by atoms with Crippen LogP contribution in [0.2, 0.25) is 0 Å². The predicted molar refractivity (Wildman–Crippen MR) is 66.7 cm³/mol. The van der Waals surface area contributed by atoms with Gasteiger partial charge in [-0.1, -0.05) is 0 Å². The van der Waals surface area contributed by atoms with Gasteiger partial charge in [-0.15, -0.1) is 0 Å². The average Bonchev–Trinajstić information content (AvgIpc) is 2.28. The maximum absolute atomic E-state index is 11.9. The van der Waals surface area contributed by atoms with Crippen molar-refractivity contribution in [2.24, 2.45) is 0 Å². The largest absolute Gasteiger partial charge is 0.507 e. The summed E-state index contributed by atoms with van der Waals surface area (Å²) in [5, 5.41) is 12.5. The Labute approximate surface area is 103 Å². The van der Waals surface area contributed by atoms with Crippen LogP contribution in [0.5, 0.6) is 5.75 Å². The number of rotatable bonds is 4. The summed E-state index contributed by atoms with van der Waals surface area (Å²) in [5.41, 5.74) is 0.485. The topological polar surface area (TPSA) is 52.6 Å². The van der Waals surface area contributed by atoms with Gasteiger partial charge >= 0.3 is 0 Å². The van der Waals surface area contributed by atoms with Gasteiger partial charge in [0.05, 0.1) is 4.47 Å². The number of nitrogens with one attached hydrogen (secondary N) is 1. The molecular weight excluding hydrogens is 272 g/mol. The lowest BCUT2D eigenvalue weighted by molar-refractivity contribution is 0.0796. The van der Waals surface area contributed by atoms with E-state index in [1.165, 1.54) is 6.07 Å². The van der Waals surface area contributed by atoms with Crippen LogP contribution < -0.4 is 5.32 Å². The van der Waals surface area contributed by atoms with E-state index in [2.05, 4.69) is 21.2 Å². The Balaban J connectivity index is 2.76. The van der Waals surface area contributed by atoms with Crippen molar-refractivity contribution in [3.63, 3.8) is 0 Å². The van der Waals surface area contributed by atoms with Gasteiger partial charge in [0, 0.05) is 25.7 Å². The number of hydrogen-bond acceptors (Lipinski definition) is 3. The number of phenolic OH excluding ortho intramolecular Hbond substituents is 1. The minimum atomic E-state index is -0.0990. The van der Waals surface area contributed by atoms with Crippen molar-refractivity contribution in [2.45, 2.75) is 0 Å². The molecule has 0 atom stereocenters. The van der Waals surface area contributed by atoms with E-state index in [-0.39, 0.29) is 11.7 Å². The lowest BCUT2D eigenvalue weighted by atomic mass is 10.2. The van der Waals surface area contributed by atoms with E-state index in [1.54, 1.807) is 24.1 Å². The predicted octanol–water partition coefficient (Wildman–Crippen LogP) is 1.45. The van der Waals surface area contributed by atoms with Crippen molar-refractivity contribution in [3.8, 4) is 5.75 Å². The highest BCUT2D eigenvalue weighted by molar-refractivity contribution is 9.10. The molecule has 16 heavy (non-hydrogen) atoms. The number of phenols is 1.